The minimum Gasteiger partial charge on any atom is -0.493 e. The maximum absolute atomic E-state index is 12.2. The fourth-order valence-electron chi connectivity index (χ4n) is 2.34. The Morgan fingerprint density at radius 1 is 1.04 bits per heavy atom. The highest BCUT2D eigenvalue weighted by atomic mass is 16.5. The molecule has 2 rings (SSSR count). The second kappa shape index (κ2) is 9.54. The summed E-state index contributed by atoms with van der Waals surface area (Å²) in [5.74, 6) is 1.98. The molecular weight excluding hydrogens is 320 g/mol. The number of amides is 1. The zero-order valence-electron chi connectivity index (χ0n) is 14.9. The number of hydrogen-bond donors (Lipinski definition) is 2. The van der Waals surface area contributed by atoms with Gasteiger partial charge in [0.25, 0.3) is 5.91 Å². The molecule has 2 aromatic rings. The minimum atomic E-state index is -0.0653. The van der Waals surface area contributed by atoms with Gasteiger partial charge in [0.15, 0.2) is 18.0 Å². The highest BCUT2D eigenvalue weighted by Crippen LogP contribution is 2.29. The highest BCUT2D eigenvalue weighted by Gasteiger charge is 2.12. The number of likely N-dealkylation sites (N-methyl/N-ethyl adjacent to an activating group) is 1. The first-order valence-corrected chi connectivity index (χ1v) is 8.13. The van der Waals surface area contributed by atoms with Crippen LogP contribution >= 0.6 is 0 Å². The minimum absolute atomic E-state index is 0.0653. The van der Waals surface area contributed by atoms with Gasteiger partial charge in [0, 0.05) is 11.8 Å². The standard InChI is InChI=1S/C19H24N2O4/c1-21(11-12-25-16-7-5-4-6-8-16)14-19(22)20-15-9-10-17(23-2)18(13-15)24-3/h4-10,13H,11-12,14H2,1-3H3,(H,20,22)/p+1. The summed E-state index contributed by atoms with van der Waals surface area (Å²) in [7, 11) is 5.10. The van der Waals surface area contributed by atoms with Gasteiger partial charge in [-0.25, -0.2) is 0 Å². The summed E-state index contributed by atoms with van der Waals surface area (Å²) < 4.78 is 16.1. The van der Waals surface area contributed by atoms with E-state index in [4.69, 9.17) is 14.2 Å². The van der Waals surface area contributed by atoms with Crippen LogP contribution in [0.2, 0.25) is 0 Å². The third-order valence-electron chi connectivity index (χ3n) is 3.67. The molecule has 1 unspecified atom stereocenters. The summed E-state index contributed by atoms with van der Waals surface area (Å²) in [4.78, 5) is 13.2. The summed E-state index contributed by atoms with van der Waals surface area (Å²) in [6.45, 7) is 1.64. The lowest BCUT2D eigenvalue weighted by molar-refractivity contribution is -0.871. The van der Waals surface area contributed by atoms with Crippen molar-refractivity contribution in [2.75, 3.05) is 46.3 Å². The van der Waals surface area contributed by atoms with Crippen molar-refractivity contribution in [1.82, 2.24) is 0 Å². The summed E-state index contributed by atoms with van der Waals surface area (Å²) in [6, 6.07) is 14.9. The number of hydrogen-bond acceptors (Lipinski definition) is 4. The van der Waals surface area contributed by atoms with E-state index < -0.39 is 0 Å². The molecule has 1 amide bonds. The third kappa shape index (κ3) is 6.00. The normalized spacial score (nSPS) is 11.5. The van der Waals surface area contributed by atoms with Crippen molar-refractivity contribution in [2.45, 2.75) is 0 Å². The largest absolute Gasteiger partial charge is 0.493 e. The monoisotopic (exact) mass is 345 g/mol. The molecule has 134 valence electrons. The van der Waals surface area contributed by atoms with E-state index in [1.54, 1.807) is 32.4 Å². The molecule has 6 heteroatoms. The Hall–Kier alpha value is -2.73. The molecule has 0 aromatic heterocycles. The molecule has 0 heterocycles. The maximum Gasteiger partial charge on any atom is 0.279 e. The van der Waals surface area contributed by atoms with Gasteiger partial charge in [-0.3, -0.25) is 4.79 Å². The molecule has 25 heavy (non-hydrogen) atoms. The fourth-order valence-corrected chi connectivity index (χ4v) is 2.34. The number of para-hydroxylation sites is 1. The first-order chi connectivity index (χ1) is 12.1. The van der Waals surface area contributed by atoms with Gasteiger partial charge in [-0.05, 0) is 24.3 Å². The van der Waals surface area contributed by atoms with Crippen LogP contribution in [-0.2, 0) is 4.79 Å². The van der Waals surface area contributed by atoms with E-state index in [0.717, 1.165) is 17.2 Å². The lowest BCUT2D eigenvalue weighted by atomic mass is 10.2. The van der Waals surface area contributed by atoms with Crippen LogP contribution < -0.4 is 24.4 Å². The van der Waals surface area contributed by atoms with Crippen molar-refractivity contribution in [3.8, 4) is 17.2 Å². The molecule has 1 atom stereocenters. The smallest absolute Gasteiger partial charge is 0.279 e. The van der Waals surface area contributed by atoms with E-state index in [9.17, 15) is 4.79 Å². The van der Waals surface area contributed by atoms with Crippen LogP contribution in [0.15, 0.2) is 48.5 Å². The van der Waals surface area contributed by atoms with Crippen LogP contribution in [0.4, 0.5) is 5.69 Å². The molecule has 0 radical (unpaired) electrons. The molecule has 0 saturated heterocycles. The molecule has 2 aromatic carbocycles. The summed E-state index contributed by atoms with van der Waals surface area (Å²) in [5.41, 5.74) is 0.677. The second-order valence-electron chi connectivity index (χ2n) is 5.66. The zero-order chi connectivity index (χ0) is 18.1. The summed E-state index contributed by atoms with van der Waals surface area (Å²) in [5, 5.41) is 2.87. The third-order valence-corrected chi connectivity index (χ3v) is 3.67. The molecule has 0 saturated carbocycles. The number of benzene rings is 2. The van der Waals surface area contributed by atoms with Gasteiger partial charge in [0.05, 0.1) is 21.3 Å². The van der Waals surface area contributed by atoms with Crippen LogP contribution in [0, 0.1) is 0 Å². The number of methoxy groups -OCH3 is 2. The topological polar surface area (TPSA) is 61.2 Å². The molecular formula is C19H25N2O4+. The average Bonchev–Trinajstić information content (AvgIpc) is 2.62. The predicted octanol–water partition coefficient (Wildman–Crippen LogP) is 1.24. The van der Waals surface area contributed by atoms with E-state index in [0.29, 0.717) is 30.3 Å². The number of carbonyl (C=O) groups is 1. The van der Waals surface area contributed by atoms with Gasteiger partial charge in [-0.15, -0.1) is 0 Å². The molecule has 0 aliphatic rings. The van der Waals surface area contributed by atoms with Crippen molar-refractivity contribution in [3.63, 3.8) is 0 Å². The van der Waals surface area contributed by atoms with Crippen LogP contribution in [0.3, 0.4) is 0 Å². The molecule has 0 fully saturated rings. The fraction of sp³-hybridized carbons (Fsp3) is 0.316. The molecule has 6 nitrogen and oxygen atoms in total. The second-order valence-corrected chi connectivity index (χ2v) is 5.66. The molecule has 0 aliphatic heterocycles. The number of quaternary nitrogens is 1. The van der Waals surface area contributed by atoms with Crippen molar-refractivity contribution in [2.24, 2.45) is 0 Å². The van der Waals surface area contributed by atoms with Crippen LogP contribution in [0.5, 0.6) is 17.2 Å². The van der Waals surface area contributed by atoms with E-state index in [1.165, 1.54) is 0 Å². The Labute approximate surface area is 148 Å². The quantitative estimate of drug-likeness (QED) is 0.718. The lowest BCUT2D eigenvalue weighted by Crippen LogP contribution is -3.10. The van der Waals surface area contributed by atoms with Gasteiger partial charge in [-0.2, -0.15) is 0 Å². The van der Waals surface area contributed by atoms with Crippen molar-refractivity contribution < 1.29 is 23.9 Å². The van der Waals surface area contributed by atoms with Crippen molar-refractivity contribution >= 4 is 11.6 Å². The summed E-state index contributed by atoms with van der Waals surface area (Å²) >= 11 is 0. The average molecular weight is 345 g/mol. The first kappa shape index (κ1) is 18.6. The predicted molar refractivity (Wildman–Crippen MR) is 96.7 cm³/mol. The van der Waals surface area contributed by atoms with Gasteiger partial charge >= 0.3 is 0 Å². The maximum atomic E-state index is 12.2. The number of ether oxygens (including phenoxy) is 3. The number of carbonyl (C=O) groups excluding carboxylic acids is 1. The molecule has 0 aliphatic carbocycles. The van der Waals surface area contributed by atoms with Crippen LogP contribution in [0.1, 0.15) is 0 Å². The van der Waals surface area contributed by atoms with Gasteiger partial charge in [0.1, 0.15) is 18.9 Å². The Balaban J connectivity index is 1.77. The van der Waals surface area contributed by atoms with Crippen LogP contribution in [0.25, 0.3) is 0 Å². The van der Waals surface area contributed by atoms with E-state index in [2.05, 4.69) is 5.32 Å². The number of rotatable bonds is 9. The van der Waals surface area contributed by atoms with E-state index in [-0.39, 0.29) is 5.91 Å². The highest BCUT2D eigenvalue weighted by molar-refractivity contribution is 5.91. The zero-order valence-corrected chi connectivity index (χ0v) is 14.9. The Bertz CT molecular complexity index is 676. The molecule has 2 N–H and O–H groups in total. The van der Waals surface area contributed by atoms with Crippen LogP contribution in [-0.4, -0.2) is 46.9 Å². The van der Waals surface area contributed by atoms with E-state index in [1.807, 2.05) is 37.4 Å². The lowest BCUT2D eigenvalue weighted by Gasteiger charge is -2.15. The van der Waals surface area contributed by atoms with Gasteiger partial charge in [0.2, 0.25) is 0 Å². The van der Waals surface area contributed by atoms with Crippen molar-refractivity contribution in [1.29, 1.82) is 0 Å². The summed E-state index contributed by atoms with van der Waals surface area (Å²) in [6.07, 6.45) is 0. The first-order valence-electron chi connectivity index (χ1n) is 8.13. The molecule has 0 spiro atoms. The van der Waals surface area contributed by atoms with Gasteiger partial charge < -0.3 is 24.4 Å². The number of nitrogens with one attached hydrogen (secondary N) is 2. The molecule has 0 bridgehead atoms. The SMILES string of the molecule is COc1ccc(NC(=O)C[NH+](C)CCOc2ccccc2)cc1OC. The Morgan fingerprint density at radius 2 is 1.76 bits per heavy atom. The Kier molecular flexibility index (Phi) is 7.10. The van der Waals surface area contributed by atoms with E-state index >= 15 is 0 Å². The number of anilines is 1. The van der Waals surface area contributed by atoms with Gasteiger partial charge in [-0.1, -0.05) is 18.2 Å². The Morgan fingerprint density at radius 3 is 2.44 bits per heavy atom. The van der Waals surface area contributed by atoms with Crippen molar-refractivity contribution in [3.05, 3.63) is 48.5 Å².